The van der Waals surface area contributed by atoms with Crippen molar-refractivity contribution in [1.29, 1.82) is 0 Å². The number of hydrogen-bond acceptors (Lipinski definition) is 5. The molecule has 3 N–H and O–H groups in total. The molecule has 1 aromatic heterocycles. The number of anilines is 1. The van der Waals surface area contributed by atoms with Crippen LogP contribution in [-0.4, -0.2) is 59.9 Å². The number of aromatic amines is 1. The summed E-state index contributed by atoms with van der Waals surface area (Å²) >= 11 is 0. The van der Waals surface area contributed by atoms with Crippen LogP contribution in [0.3, 0.4) is 0 Å². The van der Waals surface area contributed by atoms with E-state index in [4.69, 9.17) is 5.73 Å². The van der Waals surface area contributed by atoms with Crippen LogP contribution in [0.4, 0.5) is 5.82 Å². The van der Waals surface area contributed by atoms with Gasteiger partial charge in [-0.3, -0.25) is 9.89 Å². The Morgan fingerprint density at radius 2 is 2.00 bits per heavy atom. The first-order valence-electron chi connectivity index (χ1n) is 6.89. The maximum absolute atomic E-state index is 12.4. The summed E-state index contributed by atoms with van der Waals surface area (Å²) in [5, 5.41) is 6.06. The van der Waals surface area contributed by atoms with Gasteiger partial charge in [0.1, 0.15) is 10.7 Å². The number of nitrogens with one attached hydrogen (secondary N) is 1. The van der Waals surface area contributed by atoms with E-state index in [1.807, 2.05) is 13.8 Å². The minimum Gasteiger partial charge on any atom is -0.383 e. The summed E-state index contributed by atoms with van der Waals surface area (Å²) in [5.74, 6) is 0.406. The molecule has 0 spiro atoms. The van der Waals surface area contributed by atoms with Crippen LogP contribution in [0.1, 0.15) is 20.3 Å². The average Bonchev–Trinajstić information content (AvgIpc) is 2.85. The fourth-order valence-corrected chi connectivity index (χ4v) is 3.72. The van der Waals surface area contributed by atoms with Gasteiger partial charge in [0, 0.05) is 32.6 Å². The zero-order chi connectivity index (χ0) is 15.6. The zero-order valence-electron chi connectivity index (χ0n) is 12.2. The molecule has 0 atom stereocenters. The molecule has 1 aromatic rings. The smallest absolute Gasteiger partial charge is 0.248 e. The van der Waals surface area contributed by atoms with Gasteiger partial charge in [0.05, 0.1) is 6.20 Å². The molecule has 1 aliphatic rings. The van der Waals surface area contributed by atoms with E-state index in [0.29, 0.717) is 25.4 Å². The van der Waals surface area contributed by atoms with E-state index in [0.717, 1.165) is 0 Å². The predicted molar refractivity (Wildman–Crippen MR) is 77.8 cm³/mol. The SMILES string of the molecule is CC(C)CC(=O)N1CCN(S(=O)(=O)c2cn[nH]c2N)CC1. The number of nitrogen functional groups attached to an aromatic ring is 1. The molecule has 118 valence electrons. The highest BCUT2D eigenvalue weighted by Crippen LogP contribution is 2.21. The first kappa shape index (κ1) is 15.8. The minimum atomic E-state index is -3.64. The lowest BCUT2D eigenvalue weighted by molar-refractivity contribution is -0.133. The Labute approximate surface area is 124 Å². The Balaban J connectivity index is 2.01. The van der Waals surface area contributed by atoms with Gasteiger partial charge in [-0.2, -0.15) is 9.40 Å². The van der Waals surface area contributed by atoms with E-state index < -0.39 is 10.0 Å². The summed E-state index contributed by atoms with van der Waals surface area (Å²) in [6, 6.07) is 0. The van der Waals surface area contributed by atoms with E-state index in [-0.39, 0.29) is 29.7 Å². The van der Waals surface area contributed by atoms with Gasteiger partial charge in [0.25, 0.3) is 0 Å². The molecule has 21 heavy (non-hydrogen) atoms. The fourth-order valence-electron chi connectivity index (χ4n) is 2.29. The maximum Gasteiger partial charge on any atom is 0.248 e. The number of piperazine rings is 1. The standard InChI is InChI=1S/C12H21N5O3S/c1-9(2)7-11(18)16-3-5-17(6-4-16)21(19,20)10-8-14-15-12(10)13/h8-9H,3-7H2,1-2H3,(H3,13,14,15). The second-order valence-corrected chi connectivity index (χ2v) is 7.44. The van der Waals surface area contributed by atoms with Gasteiger partial charge in [-0.1, -0.05) is 13.8 Å². The van der Waals surface area contributed by atoms with Gasteiger partial charge in [-0.25, -0.2) is 8.42 Å². The molecule has 0 saturated carbocycles. The van der Waals surface area contributed by atoms with Crippen molar-refractivity contribution in [2.45, 2.75) is 25.2 Å². The molecular formula is C12H21N5O3S. The van der Waals surface area contributed by atoms with Crippen molar-refractivity contribution < 1.29 is 13.2 Å². The molecule has 1 fully saturated rings. The van der Waals surface area contributed by atoms with Crippen LogP contribution in [-0.2, 0) is 14.8 Å². The van der Waals surface area contributed by atoms with E-state index >= 15 is 0 Å². The van der Waals surface area contributed by atoms with Crippen LogP contribution in [0.5, 0.6) is 0 Å². The van der Waals surface area contributed by atoms with Crippen LogP contribution in [0, 0.1) is 5.92 Å². The number of carbonyl (C=O) groups excluding carboxylic acids is 1. The van der Waals surface area contributed by atoms with Crippen LogP contribution >= 0.6 is 0 Å². The average molecular weight is 315 g/mol. The summed E-state index contributed by atoms with van der Waals surface area (Å²) < 4.78 is 26.2. The number of hydrogen-bond donors (Lipinski definition) is 2. The lowest BCUT2D eigenvalue weighted by Gasteiger charge is -2.34. The van der Waals surface area contributed by atoms with Gasteiger partial charge in [-0.15, -0.1) is 0 Å². The molecule has 8 nitrogen and oxygen atoms in total. The molecule has 0 unspecified atom stereocenters. The summed E-state index contributed by atoms with van der Waals surface area (Å²) in [7, 11) is -3.64. The van der Waals surface area contributed by atoms with Crippen molar-refractivity contribution >= 4 is 21.7 Å². The minimum absolute atomic E-state index is 0.00976. The normalized spacial score (nSPS) is 17.4. The summed E-state index contributed by atoms with van der Waals surface area (Å²) in [5.41, 5.74) is 5.58. The van der Waals surface area contributed by atoms with Crippen molar-refractivity contribution in [1.82, 2.24) is 19.4 Å². The molecule has 1 aliphatic heterocycles. The van der Waals surface area contributed by atoms with Gasteiger partial charge < -0.3 is 10.6 Å². The van der Waals surface area contributed by atoms with E-state index in [2.05, 4.69) is 10.2 Å². The Bertz CT molecular complexity index is 602. The number of nitrogens with two attached hydrogens (primary N) is 1. The second-order valence-electron chi connectivity index (χ2n) is 5.53. The number of rotatable bonds is 4. The fraction of sp³-hybridized carbons (Fsp3) is 0.667. The summed E-state index contributed by atoms with van der Waals surface area (Å²) in [6.45, 7) is 5.33. The van der Waals surface area contributed by atoms with E-state index in [9.17, 15) is 13.2 Å². The lowest BCUT2D eigenvalue weighted by Crippen LogP contribution is -2.50. The highest BCUT2D eigenvalue weighted by molar-refractivity contribution is 7.89. The third-order valence-electron chi connectivity index (χ3n) is 3.42. The van der Waals surface area contributed by atoms with Gasteiger partial charge >= 0.3 is 0 Å². The van der Waals surface area contributed by atoms with Crippen molar-refractivity contribution in [2.75, 3.05) is 31.9 Å². The number of amides is 1. The number of aromatic nitrogens is 2. The molecule has 1 saturated heterocycles. The second kappa shape index (κ2) is 6.02. The predicted octanol–water partition coefficient (Wildman–Crippen LogP) is -0.129. The molecule has 1 amide bonds. The maximum atomic E-state index is 12.4. The van der Waals surface area contributed by atoms with Crippen molar-refractivity contribution in [2.24, 2.45) is 5.92 Å². The topological polar surface area (TPSA) is 112 Å². The van der Waals surface area contributed by atoms with Crippen LogP contribution in [0.2, 0.25) is 0 Å². The third-order valence-corrected chi connectivity index (χ3v) is 5.35. The van der Waals surface area contributed by atoms with Crippen LogP contribution in [0.25, 0.3) is 0 Å². The first-order chi connectivity index (χ1) is 9.82. The lowest BCUT2D eigenvalue weighted by atomic mass is 10.1. The molecule has 9 heteroatoms. The van der Waals surface area contributed by atoms with Crippen LogP contribution in [0.15, 0.2) is 11.1 Å². The van der Waals surface area contributed by atoms with Gasteiger partial charge in [0.2, 0.25) is 15.9 Å². The molecule has 0 aromatic carbocycles. The first-order valence-corrected chi connectivity index (χ1v) is 8.33. The number of nitrogens with zero attached hydrogens (tertiary/aromatic N) is 3. The zero-order valence-corrected chi connectivity index (χ0v) is 13.1. The number of sulfonamides is 1. The Morgan fingerprint density at radius 3 is 2.48 bits per heavy atom. The highest BCUT2D eigenvalue weighted by Gasteiger charge is 2.32. The Hall–Kier alpha value is -1.61. The van der Waals surface area contributed by atoms with E-state index in [1.54, 1.807) is 4.90 Å². The monoisotopic (exact) mass is 315 g/mol. The quantitative estimate of drug-likeness (QED) is 0.804. The molecule has 2 heterocycles. The molecule has 2 rings (SSSR count). The van der Waals surface area contributed by atoms with Crippen molar-refractivity contribution in [3.05, 3.63) is 6.20 Å². The molecule has 0 aliphatic carbocycles. The van der Waals surface area contributed by atoms with Crippen molar-refractivity contribution in [3.63, 3.8) is 0 Å². The van der Waals surface area contributed by atoms with Gasteiger partial charge in [-0.05, 0) is 5.92 Å². The summed E-state index contributed by atoms with van der Waals surface area (Å²) in [4.78, 5) is 13.7. The Kier molecular flexibility index (Phi) is 4.52. The van der Waals surface area contributed by atoms with Crippen LogP contribution < -0.4 is 5.73 Å². The van der Waals surface area contributed by atoms with Gasteiger partial charge in [0.15, 0.2) is 0 Å². The third kappa shape index (κ3) is 3.35. The highest BCUT2D eigenvalue weighted by atomic mass is 32.2. The Morgan fingerprint density at radius 1 is 1.38 bits per heavy atom. The number of carbonyl (C=O) groups is 1. The van der Waals surface area contributed by atoms with E-state index in [1.165, 1.54) is 10.5 Å². The molecule has 0 radical (unpaired) electrons. The molecule has 0 bridgehead atoms. The number of H-pyrrole nitrogens is 1. The molecular weight excluding hydrogens is 294 g/mol. The summed E-state index contributed by atoms with van der Waals surface area (Å²) in [6.07, 6.45) is 1.70. The largest absolute Gasteiger partial charge is 0.383 e. The van der Waals surface area contributed by atoms with Crippen molar-refractivity contribution in [3.8, 4) is 0 Å².